The van der Waals surface area contributed by atoms with Gasteiger partial charge in [-0.05, 0) is 66.3 Å². The van der Waals surface area contributed by atoms with Crippen molar-refractivity contribution in [1.29, 1.82) is 0 Å². The highest BCUT2D eigenvalue weighted by atomic mass is 19.2. The van der Waals surface area contributed by atoms with Crippen LogP contribution in [0.15, 0.2) is 30.3 Å². The first-order valence-electron chi connectivity index (χ1n) is 9.14. The summed E-state index contributed by atoms with van der Waals surface area (Å²) in [5.41, 5.74) is 1.95. The fourth-order valence-corrected chi connectivity index (χ4v) is 3.75. The summed E-state index contributed by atoms with van der Waals surface area (Å²) in [6.07, 6.45) is 5.74. The minimum atomic E-state index is -0.833. The number of halogens is 3. The molecule has 0 atom stereocenters. The smallest absolute Gasteiger partial charge is 0.162 e. The van der Waals surface area contributed by atoms with Gasteiger partial charge in [0.1, 0.15) is 5.82 Å². The van der Waals surface area contributed by atoms with Crippen LogP contribution in [0.5, 0.6) is 0 Å². The number of aryl methyl sites for hydroxylation is 1. The Balaban J connectivity index is 1.71. The van der Waals surface area contributed by atoms with E-state index in [1.807, 2.05) is 12.1 Å². The first-order valence-corrected chi connectivity index (χ1v) is 9.14. The number of hydrogen-bond donors (Lipinski definition) is 0. The summed E-state index contributed by atoms with van der Waals surface area (Å²) >= 11 is 0. The van der Waals surface area contributed by atoms with Gasteiger partial charge in [0.25, 0.3) is 0 Å². The number of rotatable bonds is 4. The minimum Gasteiger partial charge on any atom is -0.207 e. The molecule has 1 saturated carbocycles. The van der Waals surface area contributed by atoms with E-state index < -0.39 is 11.6 Å². The van der Waals surface area contributed by atoms with Crippen molar-refractivity contribution in [3.8, 4) is 0 Å². The molecule has 1 fully saturated rings. The lowest BCUT2D eigenvalue weighted by atomic mass is 9.80. The summed E-state index contributed by atoms with van der Waals surface area (Å²) in [4.78, 5) is 0. The molecular formula is C22H25F3. The predicted octanol–water partition coefficient (Wildman–Crippen LogP) is 6.37. The summed E-state index contributed by atoms with van der Waals surface area (Å²) in [5.74, 6) is -0.542. The molecule has 2 aromatic rings. The molecule has 0 aliphatic heterocycles. The standard InChI is InChI=1S/C22H25F3/c1-14-3-6-16(7-4-14)11-18-10-8-17(13-20(18)23)12-19-9-5-15(2)21(24)22(19)25/h5,8-10,13-14,16H,3-4,6-7,11-12H2,1-2H3. The molecule has 0 nitrogen and oxygen atoms in total. The van der Waals surface area contributed by atoms with Gasteiger partial charge in [-0.15, -0.1) is 0 Å². The van der Waals surface area contributed by atoms with Crippen molar-refractivity contribution in [3.63, 3.8) is 0 Å². The van der Waals surface area contributed by atoms with E-state index in [9.17, 15) is 13.2 Å². The zero-order valence-electron chi connectivity index (χ0n) is 14.9. The maximum absolute atomic E-state index is 14.5. The average Bonchev–Trinajstić information content (AvgIpc) is 2.60. The van der Waals surface area contributed by atoms with Crippen molar-refractivity contribution in [2.75, 3.05) is 0 Å². The second kappa shape index (κ2) is 7.63. The van der Waals surface area contributed by atoms with Crippen LogP contribution in [0.3, 0.4) is 0 Å². The third kappa shape index (κ3) is 4.26. The van der Waals surface area contributed by atoms with Crippen molar-refractivity contribution in [2.45, 2.75) is 52.4 Å². The molecule has 1 aliphatic rings. The highest BCUT2D eigenvalue weighted by molar-refractivity contribution is 5.33. The molecule has 25 heavy (non-hydrogen) atoms. The summed E-state index contributed by atoms with van der Waals surface area (Å²) < 4.78 is 42.1. The predicted molar refractivity (Wildman–Crippen MR) is 95.1 cm³/mol. The lowest BCUT2D eigenvalue weighted by Gasteiger charge is -2.26. The Hall–Kier alpha value is -1.77. The van der Waals surface area contributed by atoms with E-state index >= 15 is 0 Å². The summed E-state index contributed by atoms with van der Waals surface area (Å²) in [7, 11) is 0. The van der Waals surface area contributed by atoms with Gasteiger partial charge in [-0.1, -0.05) is 44.0 Å². The largest absolute Gasteiger partial charge is 0.207 e. The molecule has 3 heteroatoms. The maximum Gasteiger partial charge on any atom is 0.162 e. The van der Waals surface area contributed by atoms with E-state index in [0.29, 0.717) is 11.5 Å². The molecule has 0 heterocycles. The van der Waals surface area contributed by atoms with Crippen molar-refractivity contribution in [1.82, 2.24) is 0 Å². The molecule has 134 valence electrons. The molecule has 0 radical (unpaired) electrons. The first kappa shape index (κ1) is 18.0. The molecule has 0 unspecified atom stereocenters. The van der Waals surface area contributed by atoms with E-state index in [1.165, 1.54) is 25.8 Å². The van der Waals surface area contributed by atoms with Crippen LogP contribution in [0, 0.1) is 36.2 Å². The summed E-state index contributed by atoms with van der Waals surface area (Å²) in [6, 6.07) is 8.25. The van der Waals surface area contributed by atoms with Crippen LogP contribution >= 0.6 is 0 Å². The first-order chi connectivity index (χ1) is 11.9. The van der Waals surface area contributed by atoms with Crippen molar-refractivity contribution in [3.05, 3.63) is 70.0 Å². The molecule has 2 aromatic carbocycles. The molecule has 0 aromatic heterocycles. The number of benzene rings is 2. The molecule has 0 amide bonds. The number of hydrogen-bond acceptors (Lipinski definition) is 0. The fraction of sp³-hybridized carbons (Fsp3) is 0.455. The van der Waals surface area contributed by atoms with Gasteiger partial charge in [-0.2, -0.15) is 0 Å². The quantitative estimate of drug-likeness (QED) is 0.603. The lowest BCUT2D eigenvalue weighted by molar-refractivity contribution is 0.287. The van der Waals surface area contributed by atoms with E-state index in [2.05, 4.69) is 6.92 Å². The molecule has 0 spiro atoms. The molecule has 1 aliphatic carbocycles. The summed E-state index contributed by atoms with van der Waals surface area (Å²) in [6.45, 7) is 3.81. The van der Waals surface area contributed by atoms with Gasteiger partial charge in [-0.3, -0.25) is 0 Å². The van der Waals surface area contributed by atoms with Crippen molar-refractivity contribution < 1.29 is 13.2 Å². The lowest BCUT2D eigenvalue weighted by Crippen LogP contribution is -2.15. The van der Waals surface area contributed by atoms with Crippen LogP contribution in [0.1, 0.15) is 54.9 Å². The molecular weight excluding hydrogens is 321 g/mol. The monoisotopic (exact) mass is 346 g/mol. The van der Waals surface area contributed by atoms with Gasteiger partial charge in [0, 0.05) is 6.42 Å². The Labute approximate surface area is 148 Å². The zero-order chi connectivity index (χ0) is 18.0. The topological polar surface area (TPSA) is 0 Å². The Morgan fingerprint density at radius 3 is 2.24 bits per heavy atom. The minimum absolute atomic E-state index is 0.196. The fourth-order valence-electron chi connectivity index (χ4n) is 3.75. The molecule has 0 N–H and O–H groups in total. The molecule has 0 saturated heterocycles. The SMILES string of the molecule is Cc1ccc(Cc2ccc(CC3CCC(C)CC3)c(F)c2)c(F)c1F. The van der Waals surface area contributed by atoms with Gasteiger partial charge < -0.3 is 0 Å². The van der Waals surface area contributed by atoms with E-state index in [1.54, 1.807) is 12.1 Å². The highest BCUT2D eigenvalue weighted by Crippen LogP contribution is 2.31. The van der Waals surface area contributed by atoms with Gasteiger partial charge in [-0.25, -0.2) is 13.2 Å². The van der Waals surface area contributed by atoms with Gasteiger partial charge >= 0.3 is 0 Å². The van der Waals surface area contributed by atoms with E-state index in [4.69, 9.17) is 0 Å². The molecule has 3 rings (SSSR count). The van der Waals surface area contributed by atoms with Crippen LogP contribution < -0.4 is 0 Å². The second-order valence-corrected chi connectivity index (χ2v) is 7.60. The third-order valence-electron chi connectivity index (χ3n) is 5.51. The maximum atomic E-state index is 14.5. The van der Waals surface area contributed by atoms with E-state index in [-0.39, 0.29) is 23.4 Å². The van der Waals surface area contributed by atoms with Crippen LogP contribution in [-0.2, 0) is 12.8 Å². The zero-order valence-corrected chi connectivity index (χ0v) is 14.9. The van der Waals surface area contributed by atoms with Gasteiger partial charge in [0.15, 0.2) is 11.6 Å². The average molecular weight is 346 g/mol. The summed E-state index contributed by atoms with van der Waals surface area (Å²) in [5, 5.41) is 0. The normalized spacial score (nSPS) is 20.7. The van der Waals surface area contributed by atoms with Crippen LogP contribution in [0.25, 0.3) is 0 Å². The Bertz CT molecular complexity index is 743. The third-order valence-corrected chi connectivity index (χ3v) is 5.51. The van der Waals surface area contributed by atoms with E-state index in [0.717, 1.165) is 30.7 Å². The Morgan fingerprint density at radius 2 is 1.56 bits per heavy atom. The Kier molecular flexibility index (Phi) is 5.51. The second-order valence-electron chi connectivity index (χ2n) is 7.60. The molecule has 0 bridgehead atoms. The van der Waals surface area contributed by atoms with Gasteiger partial charge in [0.2, 0.25) is 0 Å². The van der Waals surface area contributed by atoms with Crippen molar-refractivity contribution in [2.24, 2.45) is 11.8 Å². The highest BCUT2D eigenvalue weighted by Gasteiger charge is 2.20. The van der Waals surface area contributed by atoms with Gasteiger partial charge in [0.05, 0.1) is 0 Å². The van der Waals surface area contributed by atoms with Crippen LogP contribution in [0.4, 0.5) is 13.2 Å². The van der Waals surface area contributed by atoms with Crippen LogP contribution in [-0.4, -0.2) is 0 Å². The Morgan fingerprint density at radius 1 is 0.880 bits per heavy atom. The van der Waals surface area contributed by atoms with Crippen molar-refractivity contribution >= 4 is 0 Å². The van der Waals surface area contributed by atoms with Crippen LogP contribution in [0.2, 0.25) is 0 Å².